The van der Waals surface area contributed by atoms with Gasteiger partial charge in [0.15, 0.2) is 0 Å². The molecule has 0 aromatic heterocycles. The van der Waals surface area contributed by atoms with Gasteiger partial charge in [0.25, 0.3) is 0 Å². The van der Waals surface area contributed by atoms with Crippen molar-refractivity contribution in [3.05, 3.63) is 89.0 Å². The van der Waals surface area contributed by atoms with E-state index in [-0.39, 0.29) is 38.3 Å². The van der Waals surface area contributed by atoms with Gasteiger partial charge in [-0.2, -0.15) is 13.2 Å². The molecule has 9 heteroatoms. The Morgan fingerprint density at radius 2 is 1.66 bits per heavy atom. The van der Waals surface area contributed by atoms with Gasteiger partial charge in [-0.1, -0.05) is 42.5 Å². The monoisotopic (exact) mass is 569 g/mol. The molecular formula is C32H34F3NO5. The maximum Gasteiger partial charge on any atom is 0.416 e. The van der Waals surface area contributed by atoms with Gasteiger partial charge in [-0.3, -0.25) is 4.79 Å². The third kappa shape index (κ3) is 8.49. The van der Waals surface area contributed by atoms with Gasteiger partial charge in [-0.25, -0.2) is 4.79 Å². The molecule has 0 atom stereocenters. The lowest BCUT2D eigenvalue weighted by molar-refractivity contribution is -0.142. The Kier molecular flexibility index (Phi) is 9.91. The smallest absolute Gasteiger partial charge is 0.416 e. The highest BCUT2D eigenvalue weighted by molar-refractivity contribution is 5.78. The molecule has 0 unspecified atom stereocenters. The standard InChI is InChI=1S/C32H34F3NO5/c1-3-36(31(38)41-21-22-8-6-5-7-9-22)19-25-18-26(32(33,34)35)13-14-27(25)28-16-24(17-30(37)39-4-2)12-15-29(28)40-20-23-10-11-23/h5-9,12-16,18,23H,3-4,10-11,17,19-21H2,1-2H3. The van der Waals surface area contributed by atoms with Crippen molar-refractivity contribution in [3.63, 3.8) is 0 Å². The average Bonchev–Trinajstić information content (AvgIpc) is 3.78. The van der Waals surface area contributed by atoms with Crippen LogP contribution in [-0.2, 0) is 40.0 Å². The van der Waals surface area contributed by atoms with E-state index in [1.807, 2.05) is 30.3 Å². The van der Waals surface area contributed by atoms with E-state index in [9.17, 15) is 22.8 Å². The van der Waals surface area contributed by atoms with Crippen LogP contribution in [0.4, 0.5) is 18.0 Å². The number of hydrogen-bond acceptors (Lipinski definition) is 5. The molecule has 6 nitrogen and oxygen atoms in total. The highest BCUT2D eigenvalue weighted by Crippen LogP contribution is 2.39. The first kappa shape index (κ1) is 30.0. The second kappa shape index (κ2) is 13.6. The van der Waals surface area contributed by atoms with Gasteiger partial charge in [0.2, 0.25) is 0 Å². The molecule has 1 aliphatic carbocycles. The van der Waals surface area contributed by atoms with Crippen molar-refractivity contribution in [2.75, 3.05) is 19.8 Å². The Hall–Kier alpha value is -4.01. The normalized spacial score (nSPS) is 13.0. The number of halogens is 3. The minimum atomic E-state index is -4.57. The maximum absolute atomic E-state index is 13.8. The second-order valence-electron chi connectivity index (χ2n) is 9.99. The van der Waals surface area contributed by atoms with Crippen LogP contribution >= 0.6 is 0 Å². The minimum absolute atomic E-state index is 0.00656. The van der Waals surface area contributed by atoms with Crippen molar-refractivity contribution in [2.45, 2.75) is 52.4 Å². The van der Waals surface area contributed by atoms with E-state index in [1.54, 1.807) is 32.0 Å². The molecule has 218 valence electrons. The lowest BCUT2D eigenvalue weighted by atomic mass is 9.94. The minimum Gasteiger partial charge on any atom is -0.493 e. The van der Waals surface area contributed by atoms with Crippen molar-refractivity contribution in [1.29, 1.82) is 0 Å². The summed E-state index contributed by atoms with van der Waals surface area (Å²) in [5, 5.41) is 0. The number of ether oxygens (including phenoxy) is 3. The Labute approximate surface area is 238 Å². The summed E-state index contributed by atoms with van der Waals surface area (Å²) in [6.07, 6.45) is -3.07. The SMILES string of the molecule is CCOC(=O)Cc1ccc(OCC2CC2)c(-c2ccc(C(F)(F)F)cc2CN(CC)C(=O)OCc2ccccc2)c1. The number of carbonyl (C=O) groups excluding carboxylic acids is 2. The zero-order valence-corrected chi connectivity index (χ0v) is 23.2. The summed E-state index contributed by atoms with van der Waals surface area (Å²) in [4.78, 5) is 26.5. The highest BCUT2D eigenvalue weighted by atomic mass is 19.4. The summed E-state index contributed by atoms with van der Waals surface area (Å²) in [5.41, 5.74) is 1.91. The molecule has 0 heterocycles. The quantitative estimate of drug-likeness (QED) is 0.212. The predicted octanol–water partition coefficient (Wildman–Crippen LogP) is 7.43. The molecule has 1 aliphatic rings. The molecule has 0 saturated heterocycles. The van der Waals surface area contributed by atoms with Gasteiger partial charge in [0, 0.05) is 18.7 Å². The summed E-state index contributed by atoms with van der Waals surface area (Å²) in [5.74, 6) is 0.542. The van der Waals surface area contributed by atoms with Gasteiger partial charge >= 0.3 is 18.2 Å². The summed E-state index contributed by atoms with van der Waals surface area (Å²) >= 11 is 0. The number of hydrogen-bond donors (Lipinski definition) is 0. The van der Waals surface area contributed by atoms with Crippen LogP contribution in [-0.4, -0.2) is 36.7 Å². The van der Waals surface area contributed by atoms with Crippen molar-refractivity contribution >= 4 is 12.1 Å². The van der Waals surface area contributed by atoms with Gasteiger partial charge in [0.05, 0.1) is 25.2 Å². The molecule has 0 radical (unpaired) electrons. The maximum atomic E-state index is 13.8. The van der Waals surface area contributed by atoms with E-state index < -0.39 is 23.8 Å². The number of nitrogens with zero attached hydrogens (tertiary/aromatic N) is 1. The lowest BCUT2D eigenvalue weighted by Crippen LogP contribution is -2.31. The fourth-order valence-corrected chi connectivity index (χ4v) is 4.38. The van der Waals surface area contributed by atoms with E-state index in [2.05, 4.69) is 0 Å². The average molecular weight is 570 g/mol. The number of amides is 1. The van der Waals surface area contributed by atoms with Crippen LogP contribution < -0.4 is 4.74 Å². The summed E-state index contributed by atoms with van der Waals surface area (Å²) in [6, 6.07) is 17.9. The van der Waals surface area contributed by atoms with Crippen LogP contribution in [0.2, 0.25) is 0 Å². The largest absolute Gasteiger partial charge is 0.493 e. The molecule has 1 saturated carbocycles. The number of esters is 1. The van der Waals surface area contributed by atoms with Gasteiger partial charge < -0.3 is 19.1 Å². The van der Waals surface area contributed by atoms with Crippen LogP contribution in [0.1, 0.15) is 48.9 Å². The number of carbonyl (C=O) groups is 2. The first-order chi connectivity index (χ1) is 19.7. The van der Waals surface area contributed by atoms with Crippen LogP contribution in [0.25, 0.3) is 11.1 Å². The fourth-order valence-electron chi connectivity index (χ4n) is 4.38. The van der Waals surface area contributed by atoms with E-state index in [0.29, 0.717) is 35.0 Å². The molecule has 1 amide bonds. The molecule has 3 aromatic carbocycles. The summed E-state index contributed by atoms with van der Waals surface area (Å²) < 4.78 is 58.0. The Bertz CT molecular complexity index is 1340. The number of alkyl halides is 3. The van der Waals surface area contributed by atoms with Gasteiger partial charge in [-0.15, -0.1) is 0 Å². The molecular weight excluding hydrogens is 535 g/mol. The van der Waals surface area contributed by atoms with Crippen LogP contribution in [0, 0.1) is 5.92 Å². The van der Waals surface area contributed by atoms with E-state index in [0.717, 1.165) is 30.5 Å². The Morgan fingerprint density at radius 3 is 2.32 bits per heavy atom. The molecule has 1 fully saturated rings. The lowest BCUT2D eigenvalue weighted by Gasteiger charge is -2.24. The van der Waals surface area contributed by atoms with Crippen LogP contribution in [0.15, 0.2) is 66.7 Å². The summed E-state index contributed by atoms with van der Waals surface area (Å²) in [7, 11) is 0. The van der Waals surface area contributed by atoms with E-state index in [4.69, 9.17) is 14.2 Å². The molecule has 0 N–H and O–H groups in total. The number of rotatable bonds is 12. The second-order valence-corrected chi connectivity index (χ2v) is 9.99. The van der Waals surface area contributed by atoms with Crippen molar-refractivity contribution in [3.8, 4) is 16.9 Å². The Balaban J connectivity index is 1.69. The molecule has 4 rings (SSSR count). The van der Waals surface area contributed by atoms with Crippen molar-refractivity contribution in [2.24, 2.45) is 5.92 Å². The zero-order chi connectivity index (χ0) is 29.4. The Morgan fingerprint density at radius 1 is 0.902 bits per heavy atom. The molecule has 0 bridgehead atoms. The van der Waals surface area contributed by atoms with E-state index in [1.165, 1.54) is 11.0 Å². The summed E-state index contributed by atoms with van der Waals surface area (Å²) in [6.45, 7) is 4.33. The fraction of sp³-hybridized carbons (Fsp3) is 0.375. The van der Waals surface area contributed by atoms with Gasteiger partial charge in [0.1, 0.15) is 12.4 Å². The number of benzene rings is 3. The topological polar surface area (TPSA) is 65.1 Å². The van der Waals surface area contributed by atoms with Crippen molar-refractivity contribution in [1.82, 2.24) is 4.90 Å². The molecule has 0 aliphatic heterocycles. The highest BCUT2D eigenvalue weighted by Gasteiger charge is 2.32. The molecule has 3 aromatic rings. The first-order valence-electron chi connectivity index (χ1n) is 13.7. The van der Waals surface area contributed by atoms with Crippen LogP contribution in [0.3, 0.4) is 0 Å². The zero-order valence-electron chi connectivity index (χ0n) is 23.2. The predicted molar refractivity (Wildman–Crippen MR) is 148 cm³/mol. The van der Waals surface area contributed by atoms with Crippen LogP contribution in [0.5, 0.6) is 5.75 Å². The van der Waals surface area contributed by atoms with Crippen molar-refractivity contribution < 1.29 is 37.0 Å². The first-order valence-corrected chi connectivity index (χ1v) is 13.7. The molecule has 0 spiro atoms. The van der Waals surface area contributed by atoms with E-state index >= 15 is 0 Å². The third-order valence-corrected chi connectivity index (χ3v) is 6.80. The third-order valence-electron chi connectivity index (χ3n) is 6.80. The van der Waals surface area contributed by atoms with Gasteiger partial charge in [-0.05, 0) is 79.1 Å². The molecule has 41 heavy (non-hydrogen) atoms.